The molecule has 0 spiro atoms. The lowest BCUT2D eigenvalue weighted by Gasteiger charge is -2.37. The number of ether oxygens (including phenoxy) is 1. The molecule has 98 valence electrons. The molecule has 2 N–H and O–H groups in total. The second-order valence-corrected chi connectivity index (χ2v) is 5.26. The van der Waals surface area contributed by atoms with Gasteiger partial charge in [-0.05, 0) is 55.0 Å². The zero-order chi connectivity index (χ0) is 12.7. The van der Waals surface area contributed by atoms with Gasteiger partial charge in [0.15, 0.2) is 0 Å². The molecule has 0 bridgehead atoms. The minimum absolute atomic E-state index is 0.123. The molecule has 0 aliphatic rings. The van der Waals surface area contributed by atoms with Crippen LogP contribution in [0.15, 0.2) is 16.8 Å². The third-order valence-corrected chi connectivity index (χ3v) is 4.36. The van der Waals surface area contributed by atoms with Gasteiger partial charge in [-0.2, -0.15) is 11.3 Å². The molecule has 1 unspecified atom stereocenters. The van der Waals surface area contributed by atoms with Gasteiger partial charge in [0.2, 0.25) is 0 Å². The Morgan fingerprint density at radius 1 is 1.35 bits per heavy atom. The molecular formula is C14H25NOS. The van der Waals surface area contributed by atoms with Crippen LogP contribution < -0.4 is 5.73 Å². The van der Waals surface area contributed by atoms with Gasteiger partial charge in [0.1, 0.15) is 0 Å². The summed E-state index contributed by atoms with van der Waals surface area (Å²) in [5.74, 6) is 0. The van der Waals surface area contributed by atoms with E-state index in [0.29, 0.717) is 0 Å². The zero-order valence-electron chi connectivity index (χ0n) is 11.2. The molecule has 1 heterocycles. The fourth-order valence-electron chi connectivity index (χ4n) is 2.39. The summed E-state index contributed by atoms with van der Waals surface area (Å²) in [6.07, 6.45) is 4.03. The molecule has 0 saturated carbocycles. The van der Waals surface area contributed by atoms with E-state index in [1.807, 2.05) is 6.92 Å². The SMILES string of the molecule is CCOC(CC)(CC)C(N)CCc1ccsc1. The molecule has 17 heavy (non-hydrogen) atoms. The summed E-state index contributed by atoms with van der Waals surface area (Å²) in [5, 5.41) is 4.32. The molecule has 2 nitrogen and oxygen atoms in total. The van der Waals surface area contributed by atoms with Crippen LogP contribution in [0, 0.1) is 0 Å². The van der Waals surface area contributed by atoms with E-state index < -0.39 is 0 Å². The van der Waals surface area contributed by atoms with Gasteiger partial charge in [-0.15, -0.1) is 0 Å². The van der Waals surface area contributed by atoms with Crippen molar-refractivity contribution in [3.05, 3.63) is 22.4 Å². The van der Waals surface area contributed by atoms with Crippen LogP contribution >= 0.6 is 11.3 Å². The molecule has 1 atom stereocenters. The molecule has 1 aromatic heterocycles. The van der Waals surface area contributed by atoms with Crippen LogP contribution in [0.3, 0.4) is 0 Å². The van der Waals surface area contributed by atoms with E-state index in [1.165, 1.54) is 5.56 Å². The highest BCUT2D eigenvalue weighted by Crippen LogP contribution is 2.26. The van der Waals surface area contributed by atoms with Crippen molar-refractivity contribution in [3.63, 3.8) is 0 Å². The van der Waals surface area contributed by atoms with Crippen LogP contribution in [-0.4, -0.2) is 18.2 Å². The summed E-state index contributed by atoms with van der Waals surface area (Å²) in [7, 11) is 0. The third kappa shape index (κ3) is 3.80. The lowest BCUT2D eigenvalue weighted by atomic mass is 9.85. The fourth-order valence-corrected chi connectivity index (χ4v) is 3.10. The van der Waals surface area contributed by atoms with Crippen molar-refractivity contribution in [3.8, 4) is 0 Å². The van der Waals surface area contributed by atoms with E-state index in [4.69, 9.17) is 10.5 Å². The number of rotatable bonds is 8. The van der Waals surface area contributed by atoms with Gasteiger partial charge in [0.25, 0.3) is 0 Å². The molecule has 3 heteroatoms. The van der Waals surface area contributed by atoms with E-state index in [1.54, 1.807) is 11.3 Å². The largest absolute Gasteiger partial charge is 0.374 e. The van der Waals surface area contributed by atoms with E-state index in [0.717, 1.165) is 32.3 Å². The Morgan fingerprint density at radius 3 is 2.53 bits per heavy atom. The smallest absolute Gasteiger partial charge is 0.0827 e. The summed E-state index contributed by atoms with van der Waals surface area (Å²) >= 11 is 1.75. The number of aryl methyl sites for hydroxylation is 1. The Kier molecular flexibility index (Phi) is 6.17. The van der Waals surface area contributed by atoms with Crippen LogP contribution in [0.25, 0.3) is 0 Å². The molecule has 0 saturated heterocycles. The van der Waals surface area contributed by atoms with Crippen molar-refractivity contribution in [1.29, 1.82) is 0 Å². The van der Waals surface area contributed by atoms with Gasteiger partial charge in [0.05, 0.1) is 5.60 Å². The van der Waals surface area contributed by atoms with Crippen molar-refractivity contribution >= 4 is 11.3 Å². The predicted octanol–water partition coefficient (Wildman–Crippen LogP) is 3.60. The maximum Gasteiger partial charge on any atom is 0.0827 e. The fraction of sp³-hybridized carbons (Fsp3) is 0.714. The second-order valence-electron chi connectivity index (χ2n) is 4.48. The molecule has 0 aliphatic carbocycles. The van der Waals surface area contributed by atoms with E-state index in [2.05, 4.69) is 30.7 Å². The van der Waals surface area contributed by atoms with E-state index >= 15 is 0 Å². The number of thiophene rings is 1. The Hall–Kier alpha value is -0.380. The molecular weight excluding hydrogens is 230 g/mol. The minimum Gasteiger partial charge on any atom is -0.374 e. The van der Waals surface area contributed by atoms with Crippen molar-refractivity contribution in [1.82, 2.24) is 0 Å². The highest BCUT2D eigenvalue weighted by Gasteiger charge is 2.33. The normalized spacial score (nSPS) is 13.9. The molecule has 0 aliphatic heterocycles. The van der Waals surface area contributed by atoms with Crippen LogP contribution in [0.1, 0.15) is 45.6 Å². The van der Waals surface area contributed by atoms with E-state index in [9.17, 15) is 0 Å². The first-order valence-electron chi connectivity index (χ1n) is 6.59. The van der Waals surface area contributed by atoms with Crippen LogP contribution in [0.4, 0.5) is 0 Å². The average Bonchev–Trinajstić information content (AvgIpc) is 2.86. The molecule has 0 aromatic carbocycles. The second kappa shape index (κ2) is 7.14. The maximum atomic E-state index is 6.36. The Morgan fingerprint density at radius 2 is 2.06 bits per heavy atom. The lowest BCUT2D eigenvalue weighted by Crippen LogP contribution is -2.49. The summed E-state index contributed by atoms with van der Waals surface area (Å²) in [6, 6.07) is 2.30. The molecule has 0 radical (unpaired) electrons. The van der Waals surface area contributed by atoms with Crippen LogP contribution in [0.2, 0.25) is 0 Å². The minimum atomic E-state index is -0.134. The Bertz CT molecular complexity index is 293. The van der Waals surface area contributed by atoms with Crippen molar-refractivity contribution in [2.45, 2.75) is 58.1 Å². The summed E-state index contributed by atoms with van der Waals surface area (Å²) in [4.78, 5) is 0. The van der Waals surface area contributed by atoms with Gasteiger partial charge in [-0.25, -0.2) is 0 Å². The average molecular weight is 255 g/mol. The lowest BCUT2D eigenvalue weighted by molar-refractivity contribution is -0.0649. The van der Waals surface area contributed by atoms with Crippen molar-refractivity contribution in [2.24, 2.45) is 5.73 Å². The van der Waals surface area contributed by atoms with Crippen molar-refractivity contribution < 1.29 is 4.74 Å². The number of hydrogen-bond donors (Lipinski definition) is 1. The first-order valence-corrected chi connectivity index (χ1v) is 7.53. The van der Waals surface area contributed by atoms with Crippen molar-refractivity contribution in [2.75, 3.05) is 6.61 Å². The third-order valence-electron chi connectivity index (χ3n) is 3.63. The molecule has 1 rings (SSSR count). The molecule has 0 fully saturated rings. The highest BCUT2D eigenvalue weighted by molar-refractivity contribution is 7.07. The van der Waals surface area contributed by atoms with Gasteiger partial charge in [-0.3, -0.25) is 0 Å². The Balaban J connectivity index is 2.55. The summed E-state index contributed by atoms with van der Waals surface area (Å²) < 4.78 is 5.94. The van der Waals surface area contributed by atoms with Crippen LogP contribution in [-0.2, 0) is 11.2 Å². The molecule has 1 aromatic rings. The van der Waals surface area contributed by atoms with Gasteiger partial charge < -0.3 is 10.5 Å². The van der Waals surface area contributed by atoms with E-state index in [-0.39, 0.29) is 11.6 Å². The van der Waals surface area contributed by atoms with Gasteiger partial charge in [-0.1, -0.05) is 13.8 Å². The monoisotopic (exact) mass is 255 g/mol. The zero-order valence-corrected chi connectivity index (χ0v) is 12.1. The highest BCUT2D eigenvalue weighted by atomic mass is 32.1. The number of hydrogen-bond acceptors (Lipinski definition) is 3. The first kappa shape index (κ1) is 14.7. The van der Waals surface area contributed by atoms with Gasteiger partial charge >= 0.3 is 0 Å². The quantitative estimate of drug-likeness (QED) is 0.770. The summed E-state index contributed by atoms with van der Waals surface area (Å²) in [6.45, 7) is 7.13. The molecule has 0 amide bonds. The summed E-state index contributed by atoms with van der Waals surface area (Å²) in [5.41, 5.74) is 7.61. The van der Waals surface area contributed by atoms with Crippen LogP contribution in [0.5, 0.6) is 0 Å². The number of nitrogens with two attached hydrogens (primary N) is 1. The maximum absolute atomic E-state index is 6.36. The topological polar surface area (TPSA) is 35.2 Å². The Labute approximate surface area is 109 Å². The van der Waals surface area contributed by atoms with Gasteiger partial charge in [0, 0.05) is 12.6 Å². The first-order chi connectivity index (χ1) is 8.18. The predicted molar refractivity (Wildman–Crippen MR) is 75.6 cm³/mol. The standard InChI is InChI=1S/C14H25NOS/c1-4-14(5-2,16-6-3)13(15)8-7-12-9-10-17-11-12/h9-11,13H,4-8,15H2,1-3H3.